The molecular formula is C25H24F3N3O3. The number of carbonyl (C=O) groups excluding carboxylic acids is 2. The van der Waals surface area contributed by atoms with Gasteiger partial charge in [-0.2, -0.15) is 13.2 Å². The van der Waals surface area contributed by atoms with E-state index in [-0.39, 0.29) is 30.7 Å². The summed E-state index contributed by atoms with van der Waals surface area (Å²) in [5.41, 5.74) is -0.368. The molecule has 0 atom stereocenters. The van der Waals surface area contributed by atoms with E-state index in [0.717, 1.165) is 11.6 Å². The number of urea groups is 1. The van der Waals surface area contributed by atoms with E-state index in [1.54, 1.807) is 17.0 Å². The Balaban J connectivity index is 1.50. The quantitative estimate of drug-likeness (QED) is 0.470. The van der Waals surface area contributed by atoms with Crippen molar-refractivity contribution >= 4 is 17.6 Å². The van der Waals surface area contributed by atoms with Crippen LogP contribution in [0, 0.1) is 0 Å². The van der Waals surface area contributed by atoms with Crippen molar-refractivity contribution in [3.8, 4) is 0 Å². The number of nitrogens with one attached hydrogen (secondary N) is 1. The first-order chi connectivity index (χ1) is 16.3. The predicted molar refractivity (Wildman–Crippen MR) is 120 cm³/mol. The molecule has 1 fully saturated rings. The molecule has 0 radical (unpaired) electrons. The maximum atomic E-state index is 13.3. The number of halogens is 3. The lowest BCUT2D eigenvalue weighted by molar-refractivity contribution is -0.137. The molecule has 1 saturated carbocycles. The number of furan rings is 1. The summed E-state index contributed by atoms with van der Waals surface area (Å²) >= 11 is 0. The van der Waals surface area contributed by atoms with Crippen molar-refractivity contribution in [2.75, 3.05) is 11.9 Å². The first kappa shape index (κ1) is 23.4. The molecule has 2 aromatic carbocycles. The number of benzene rings is 2. The van der Waals surface area contributed by atoms with E-state index in [1.165, 1.54) is 29.4 Å². The van der Waals surface area contributed by atoms with Crippen molar-refractivity contribution in [2.24, 2.45) is 0 Å². The highest BCUT2D eigenvalue weighted by atomic mass is 19.4. The van der Waals surface area contributed by atoms with Gasteiger partial charge in [0.25, 0.3) is 0 Å². The van der Waals surface area contributed by atoms with Gasteiger partial charge >= 0.3 is 12.2 Å². The van der Waals surface area contributed by atoms with Crippen LogP contribution in [0.5, 0.6) is 0 Å². The molecule has 1 heterocycles. The van der Waals surface area contributed by atoms with Gasteiger partial charge in [-0.15, -0.1) is 0 Å². The second kappa shape index (κ2) is 10.0. The van der Waals surface area contributed by atoms with E-state index >= 15 is 0 Å². The van der Waals surface area contributed by atoms with E-state index in [9.17, 15) is 22.8 Å². The van der Waals surface area contributed by atoms with Crippen molar-refractivity contribution < 1.29 is 27.2 Å². The van der Waals surface area contributed by atoms with E-state index in [4.69, 9.17) is 4.42 Å². The van der Waals surface area contributed by atoms with Crippen molar-refractivity contribution in [3.05, 3.63) is 89.9 Å². The van der Waals surface area contributed by atoms with Gasteiger partial charge < -0.3 is 19.5 Å². The molecule has 1 aromatic heterocycles. The number of amides is 3. The summed E-state index contributed by atoms with van der Waals surface area (Å²) in [6.07, 6.45) is -1.71. The zero-order valence-electron chi connectivity index (χ0n) is 18.3. The fraction of sp³-hybridized carbons (Fsp3) is 0.280. The van der Waals surface area contributed by atoms with Gasteiger partial charge in [0.2, 0.25) is 5.91 Å². The highest BCUT2D eigenvalue weighted by Gasteiger charge is 2.37. The standard InChI is InChI=1S/C25H24F3N3O3/c26-25(27,28)21-10-4-5-11-22(21)29-24(33)31(19-12-13-19)17-23(32)30(16-20-9-6-14-34-20)15-18-7-2-1-3-8-18/h1-11,14,19H,12-13,15-17H2,(H,29,33). The zero-order chi connectivity index (χ0) is 24.1. The van der Waals surface area contributed by atoms with Crippen molar-refractivity contribution in [1.82, 2.24) is 9.80 Å². The normalized spacial score (nSPS) is 13.4. The molecule has 3 aromatic rings. The van der Waals surface area contributed by atoms with Crippen LogP contribution in [0.3, 0.4) is 0 Å². The van der Waals surface area contributed by atoms with Gasteiger partial charge in [0.15, 0.2) is 0 Å². The third-order valence-corrected chi connectivity index (χ3v) is 5.52. The van der Waals surface area contributed by atoms with Crippen LogP contribution in [0.4, 0.5) is 23.7 Å². The third kappa shape index (κ3) is 5.98. The maximum Gasteiger partial charge on any atom is 0.418 e. The van der Waals surface area contributed by atoms with Crippen LogP contribution in [0.1, 0.15) is 29.7 Å². The smallest absolute Gasteiger partial charge is 0.418 e. The van der Waals surface area contributed by atoms with E-state index in [2.05, 4.69) is 5.32 Å². The lowest BCUT2D eigenvalue weighted by Crippen LogP contribution is -2.45. The van der Waals surface area contributed by atoms with Crippen LogP contribution in [0.25, 0.3) is 0 Å². The Bertz CT molecular complexity index is 1110. The van der Waals surface area contributed by atoms with Crippen molar-refractivity contribution in [1.29, 1.82) is 0 Å². The Morgan fingerprint density at radius 3 is 2.29 bits per heavy atom. The topological polar surface area (TPSA) is 65.8 Å². The average molecular weight is 471 g/mol. The summed E-state index contributed by atoms with van der Waals surface area (Å²) in [5.74, 6) is 0.261. The minimum absolute atomic E-state index is 0.191. The van der Waals surface area contributed by atoms with Gasteiger partial charge in [0.05, 0.1) is 24.1 Å². The molecule has 6 nitrogen and oxygen atoms in total. The van der Waals surface area contributed by atoms with Crippen LogP contribution in [0.2, 0.25) is 0 Å². The van der Waals surface area contributed by atoms with E-state index in [1.807, 2.05) is 30.3 Å². The Hall–Kier alpha value is -3.75. The number of hydrogen-bond acceptors (Lipinski definition) is 3. The minimum atomic E-state index is -4.61. The minimum Gasteiger partial charge on any atom is -0.467 e. The molecular weight excluding hydrogens is 447 g/mol. The number of nitrogens with zero attached hydrogens (tertiary/aromatic N) is 2. The van der Waals surface area contributed by atoms with E-state index < -0.39 is 17.8 Å². The Morgan fingerprint density at radius 2 is 1.65 bits per heavy atom. The number of hydrogen-bond donors (Lipinski definition) is 1. The lowest BCUT2D eigenvalue weighted by atomic mass is 10.1. The molecule has 1 aliphatic carbocycles. The lowest BCUT2D eigenvalue weighted by Gasteiger charge is -2.28. The Kier molecular flexibility index (Phi) is 6.90. The third-order valence-electron chi connectivity index (χ3n) is 5.52. The molecule has 3 amide bonds. The average Bonchev–Trinajstić information content (AvgIpc) is 3.52. The van der Waals surface area contributed by atoms with Crippen LogP contribution < -0.4 is 5.32 Å². The fourth-order valence-corrected chi connectivity index (χ4v) is 3.65. The number of para-hydroxylation sites is 1. The largest absolute Gasteiger partial charge is 0.467 e. The Morgan fingerprint density at radius 1 is 0.941 bits per heavy atom. The molecule has 178 valence electrons. The highest BCUT2D eigenvalue weighted by Crippen LogP contribution is 2.35. The molecule has 0 saturated heterocycles. The van der Waals surface area contributed by atoms with Gasteiger partial charge in [-0.05, 0) is 42.7 Å². The molecule has 1 aliphatic rings. The molecule has 0 unspecified atom stereocenters. The molecule has 9 heteroatoms. The SMILES string of the molecule is O=C(CN(C(=O)Nc1ccccc1C(F)(F)F)C1CC1)N(Cc1ccccc1)Cc1ccco1. The van der Waals surface area contributed by atoms with Crippen LogP contribution in [-0.4, -0.2) is 34.3 Å². The van der Waals surface area contributed by atoms with Crippen LogP contribution in [-0.2, 0) is 24.1 Å². The molecule has 4 rings (SSSR count). The molecule has 1 N–H and O–H groups in total. The first-order valence-electron chi connectivity index (χ1n) is 10.9. The second-order valence-corrected chi connectivity index (χ2v) is 8.15. The van der Waals surface area contributed by atoms with Crippen molar-refractivity contribution in [2.45, 2.75) is 38.1 Å². The van der Waals surface area contributed by atoms with Gasteiger partial charge in [0.1, 0.15) is 12.3 Å². The van der Waals surface area contributed by atoms with Crippen LogP contribution in [0.15, 0.2) is 77.4 Å². The Labute approximate surface area is 195 Å². The summed E-state index contributed by atoms with van der Waals surface area (Å²) in [5, 5.41) is 2.36. The summed E-state index contributed by atoms with van der Waals surface area (Å²) in [7, 11) is 0. The van der Waals surface area contributed by atoms with Crippen LogP contribution >= 0.6 is 0 Å². The maximum absolute atomic E-state index is 13.3. The monoisotopic (exact) mass is 471 g/mol. The summed E-state index contributed by atoms with van der Waals surface area (Å²) < 4.78 is 45.4. The number of rotatable bonds is 8. The van der Waals surface area contributed by atoms with Gasteiger partial charge in [0, 0.05) is 12.6 Å². The summed E-state index contributed by atoms with van der Waals surface area (Å²) in [6.45, 7) is 0.257. The number of alkyl halides is 3. The molecule has 34 heavy (non-hydrogen) atoms. The van der Waals surface area contributed by atoms with E-state index in [0.29, 0.717) is 25.1 Å². The predicted octanol–water partition coefficient (Wildman–Crippen LogP) is 5.52. The highest BCUT2D eigenvalue weighted by molar-refractivity contribution is 5.93. The van der Waals surface area contributed by atoms with Gasteiger partial charge in [-0.25, -0.2) is 4.79 Å². The molecule has 0 spiro atoms. The fourth-order valence-electron chi connectivity index (χ4n) is 3.65. The zero-order valence-corrected chi connectivity index (χ0v) is 18.3. The number of anilines is 1. The molecule has 0 aliphatic heterocycles. The molecule has 0 bridgehead atoms. The summed E-state index contributed by atoms with van der Waals surface area (Å²) in [4.78, 5) is 29.1. The van der Waals surface area contributed by atoms with Gasteiger partial charge in [-0.1, -0.05) is 42.5 Å². The summed E-state index contributed by atoms with van der Waals surface area (Å²) in [6, 6.07) is 16.7. The second-order valence-electron chi connectivity index (χ2n) is 8.15. The first-order valence-corrected chi connectivity index (χ1v) is 10.9. The van der Waals surface area contributed by atoms with Gasteiger partial charge in [-0.3, -0.25) is 4.79 Å². The number of carbonyl (C=O) groups is 2. The van der Waals surface area contributed by atoms with Crippen molar-refractivity contribution in [3.63, 3.8) is 0 Å².